The number of halogens is 2. The summed E-state index contributed by atoms with van der Waals surface area (Å²) in [7, 11) is 0. The lowest BCUT2D eigenvalue weighted by Crippen LogP contribution is -2.46. The lowest BCUT2D eigenvalue weighted by atomic mass is 10.1. The van der Waals surface area contributed by atoms with Gasteiger partial charge in [-0.2, -0.15) is 0 Å². The number of anilines is 2. The van der Waals surface area contributed by atoms with Crippen molar-refractivity contribution in [1.29, 1.82) is 0 Å². The molecule has 0 aliphatic carbocycles. The van der Waals surface area contributed by atoms with E-state index in [1.165, 1.54) is 18.2 Å². The highest BCUT2D eigenvalue weighted by atomic mass is 35.5. The molecule has 7 nitrogen and oxygen atoms in total. The molecule has 1 aliphatic heterocycles. The van der Waals surface area contributed by atoms with Crippen LogP contribution >= 0.6 is 23.2 Å². The van der Waals surface area contributed by atoms with Crippen molar-refractivity contribution >= 4 is 46.2 Å². The fourth-order valence-electron chi connectivity index (χ4n) is 3.78. The lowest BCUT2D eigenvalue weighted by Gasteiger charge is -2.36. The highest BCUT2D eigenvalue weighted by Crippen LogP contribution is 2.26. The number of carbonyl (C=O) groups excluding carboxylic acids is 1. The van der Waals surface area contributed by atoms with Gasteiger partial charge in [0.2, 0.25) is 0 Å². The molecule has 170 valence electrons. The number of hydrogen-bond acceptors (Lipinski definition) is 5. The number of rotatable bonds is 6. The van der Waals surface area contributed by atoms with Crippen LogP contribution in [0.15, 0.2) is 66.7 Å². The molecule has 33 heavy (non-hydrogen) atoms. The van der Waals surface area contributed by atoms with E-state index in [9.17, 15) is 14.9 Å². The monoisotopic (exact) mass is 484 g/mol. The first-order valence-corrected chi connectivity index (χ1v) is 11.2. The average molecular weight is 485 g/mol. The summed E-state index contributed by atoms with van der Waals surface area (Å²) in [6.45, 7) is 4.48. The molecule has 3 aromatic carbocycles. The zero-order valence-corrected chi connectivity index (χ0v) is 19.2. The van der Waals surface area contributed by atoms with E-state index < -0.39 is 10.8 Å². The molecule has 0 unspecified atom stereocenters. The molecule has 1 heterocycles. The summed E-state index contributed by atoms with van der Waals surface area (Å²) in [5.74, 6) is -0.435. The fraction of sp³-hybridized carbons (Fsp3) is 0.208. The van der Waals surface area contributed by atoms with Gasteiger partial charge in [-0.1, -0.05) is 41.4 Å². The molecule has 0 spiro atoms. The minimum atomic E-state index is -0.609. The van der Waals surface area contributed by atoms with Crippen LogP contribution in [-0.4, -0.2) is 41.9 Å². The first-order chi connectivity index (χ1) is 15.9. The fourth-order valence-corrected chi connectivity index (χ4v) is 4.17. The van der Waals surface area contributed by atoms with Crippen LogP contribution in [0.5, 0.6) is 0 Å². The number of amides is 1. The van der Waals surface area contributed by atoms with Crippen LogP contribution in [0.3, 0.4) is 0 Å². The second-order valence-corrected chi connectivity index (χ2v) is 8.59. The lowest BCUT2D eigenvalue weighted by molar-refractivity contribution is -0.384. The Hall–Kier alpha value is -3.13. The van der Waals surface area contributed by atoms with Crippen molar-refractivity contribution in [3.8, 4) is 0 Å². The van der Waals surface area contributed by atoms with Crippen LogP contribution in [0.2, 0.25) is 10.0 Å². The largest absolute Gasteiger partial charge is 0.369 e. The molecule has 1 saturated heterocycles. The number of nitro groups is 1. The summed E-state index contributed by atoms with van der Waals surface area (Å²) in [5.41, 5.74) is 2.70. The van der Waals surface area contributed by atoms with E-state index in [1.807, 2.05) is 42.5 Å². The summed E-state index contributed by atoms with van der Waals surface area (Å²) >= 11 is 12.1. The second-order valence-electron chi connectivity index (χ2n) is 7.78. The summed E-state index contributed by atoms with van der Waals surface area (Å²) < 4.78 is 0. The third-order valence-electron chi connectivity index (χ3n) is 5.62. The Balaban J connectivity index is 1.33. The Bertz CT molecular complexity index is 1160. The predicted octanol–water partition coefficient (Wildman–Crippen LogP) is 5.48. The number of benzene rings is 3. The van der Waals surface area contributed by atoms with Gasteiger partial charge in [0, 0.05) is 60.8 Å². The standard InChI is InChI=1S/C24H22Cl2N4O3/c25-21-4-2-1-3-18(21)16-28-11-13-29(14-12-28)20-8-6-19(7-9-20)27-24(31)17-5-10-22(26)23(15-17)30(32)33/h1-10,15H,11-14,16H2,(H,27,31). The molecular weight excluding hydrogens is 463 g/mol. The molecule has 0 aromatic heterocycles. The molecule has 9 heteroatoms. The highest BCUT2D eigenvalue weighted by Gasteiger charge is 2.19. The van der Waals surface area contributed by atoms with E-state index in [0.29, 0.717) is 5.69 Å². The van der Waals surface area contributed by atoms with Crippen molar-refractivity contribution < 1.29 is 9.72 Å². The van der Waals surface area contributed by atoms with E-state index in [-0.39, 0.29) is 16.3 Å². The summed E-state index contributed by atoms with van der Waals surface area (Å²) in [4.78, 5) is 27.6. The summed E-state index contributed by atoms with van der Waals surface area (Å²) in [6.07, 6.45) is 0. The molecule has 0 bridgehead atoms. The normalized spacial score (nSPS) is 14.2. The average Bonchev–Trinajstić information content (AvgIpc) is 2.82. The maximum atomic E-state index is 12.5. The second kappa shape index (κ2) is 10.2. The van der Waals surface area contributed by atoms with Gasteiger partial charge in [0.05, 0.1) is 4.92 Å². The van der Waals surface area contributed by atoms with Gasteiger partial charge in [-0.05, 0) is 48.0 Å². The Morgan fingerprint density at radius 1 is 0.939 bits per heavy atom. The van der Waals surface area contributed by atoms with Crippen molar-refractivity contribution in [2.75, 3.05) is 36.4 Å². The van der Waals surface area contributed by atoms with Crippen LogP contribution < -0.4 is 10.2 Å². The van der Waals surface area contributed by atoms with E-state index in [0.717, 1.165) is 49.0 Å². The van der Waals surface area contributed by atoms with Gasteiger partial charge in [0.1, 0.15) is 5.02 Å². The van der Waals surface area contributed by atoms with Crippen LogP contribution in [0, 0.1) is 10.1 Å². The molecule has 0 atom stereocenters. The molecule has 0 saturated carbocycles. The molecule has 1 aliphatic rings. The summed E-state index contributed by atoms with van der Waals surface area (Å²) in [5, 5.41) is 14.6. The van der Waals surface area contributed by atoms with Crippen LogP contribution in [0.1, 0.15) is 15.9 Å². The summed E-state index contributed by atoms with van der Waals surface area (Å²) in [6, 6.07) is 19.5. The maximum absolute atomic E-state index is 12.5. The Kier molecular flexibility index (Phi) is 7.13. The number of piperazine rings is 1. The van der Waals surface area contributed by atoms with E-state index in [1.54, 1.807) is 0 Å². The van der Waals surface area contributed by atoms with Gasteiger partial charge in [-0.25, -0.2) is 0 Å². The third-order valence-corrected chi connectivity index (χ3v) is 6.31. The van der Waals surface area contributed by atoms with Crippen molar-refractivity contribution in [2.45, 2.75) is 6.54 Å². The SMILES string of the molecule is O=C(Nc1ccc(N2CCN(Cc3ccccc3Cl)CC2)cc1)c1ccc(Cl)c([N+](=O)[O-])c1. The first-order valence-electron chi connectivity index (χ1n) is 10.5. The minimum absolute atomic E-state index is 0.00661. The maximum Gasteiger partial charge on any atom is 0.288 e. The van der Waals surface area contributed by atoms with Crippen LogP contribution in [0.25, 0.3) is 0 Å². The van der Waals surface area contributed by atoms with Crippen molar-refractivity contribution in [2.24, 2.45) is 0 Å². The van der Waals surface area contributed by atoms with Gasteiger partial charge in [0.25, 0.3) is 11.6 Å². The van der Waals surface area contributed by atoms with Gasteiger partial charge in [0.15, 0.2) is 0 Å². The molecule has 1 fully saturated rings. The quantitative estimate of drug-likeness (QED) is 0.370. The van der Waals surface area contributed by atoms with E-state index in [4.69, 9.17) is 23.2 Å². The molecular formula is C24H22Cl2N4O3. The minimum Gasteiger partial charge on any atom is -0.369 e. The molecule has 3 aromatic rings. The molecule has 0 radical (unpaired) electrons. The van der Waals surface area contributed by atoms with Gasteiger partial charge in [-0.3, -0.25) is 19.8 Å². The Morgan fingerprint density at radius 3 is 2.30 bits per heavy atom. The molecule has 1 amide bonds. The Morgan fingerprint density at radius 2 is 1.64 bits per heavy atom. The topological polar surface area (TPSA) is 78.7 Å². The van der Waals surface area contributed by atoms with Gasteiger partial charge in [-0.15, -0.1) is 0 Å². The van der Waals surface area contributed by atoms with Crippen LogP contribution in [-0.2, 0) is 6.54 Å². The zero-order valence-electron chi connectivity index (χ0n) is 17.7. The third kappa shape index (κ3) is 5.63. The first kappa shape index (κ1) is 23.0. The number of nitrogens with one attached hydrogen (secondary N) is 1. The van der Waals surface area contributed by atoms with Crippen molar-refractivity contribution in [3.63, 3.8) is 0 Å². The zero-order chi connectivity index (χ0) is 23.4. The van der Waals surface area contributed by atoms with Gasteiger partial charge >= 0.3 is 0 Å². The van der Waals surface area contributed by atoms with E-state index >= 15 is 0 Å². The predicted molar refractivity (Wildman–Crippen MR) is 131 cm³/mol. The number of nitrogens with zero attached hydrogens (tertiary/aromatic N) is 3. The Labute approximate surface area is 201 Å². The van der Waals surface area contributed by atoms with Crippen molar-refractivity contribution in [3.05, 3.63) is 98.0 Å². The van der Waals surface area contributed by atoms with E-state index in [2.05, 4.69) is 21.2 Å². The van der Waals surface area contributed by atoms with Crippen molar-refractivity contribution in [1.82, 2.24) is 4.90 Å². The molecule has 1 N–H and O–H groups in total. The van der Waals surface area contributed by atoms with Crippen LogP contribution in [0.4, 0.5) is 17.1 Å². The number of nitro benzene ring substituents is 1. The number of hydrogen-bond donors (Lipinski definition) is 1. The molecule has 4 rings (SSSR count). The van der Waals surface area contributed by atoms with Gasteiger partial charge < -0.3 is 10.2 Å². The smallest absolute Gasteiger partial charge is 0.288 e. The number of carbonyl (C=O) groups is 1. The highest BCUT2D eigenvalue weighted by molar-refractivity contribution is 6.32.